The van der Waals surface area contributed by atoms with Crippen LogP contribution < -0.4 is 5.73 Å². The first-order chi connectivity index (χ1) is 7.61. The van der Waals surface area contributed by atoms with Gasteiger partial charge in [0.2, 0.25) is 0 Å². The summed E-state index contributed by atoms with van der Waals surface area (Å²) in [6.45, 7) is 4.16. The molecule has 0 aliphatic rings. The van der Waals surface area contributed by atoms with Crippen LogP contribution in [0.3, 0.4) is 0 Å². The number of hydrogen-bond acceptors (Lipinski definition) is 2. The molecule has 0 saturated carbocycles. The standard InChI is InChI=1S/C13H19N3/c1-4-13-15-11-6-5-10(7-9(2)14)8-12(11)16(13)3/h5-6,8-9H,4,7,14H2,1-3H3. The number of imidazole rings is 1. The lowest BCUT2D eigenvalue weighted by molar-refractivity contribution is 0.738. The van der Waals surface area contributed by atoms with E-state index in [4.69, 9.17) is 5.73 Å². The zero-order chi connectivity index (χ0) is 11.7. The Morgan fingerprint density at radius 1 is 1.44 bits per heavy atom. The zero-order valence-electron chi connectivity index (χ0n) is 10.2. The number of nitrogens with two attached hydrogens (primary N) is 1. The number of aromatic nitrogens is 2. The number of benzene rings is 1. The average Bonchev–Trinajstić information content (AvgIpc) is 2.55. The maximum Gasteiger partial charge on any atom is 0.109 e. The van der Waals surface area contributed by atoms with E-state index in [9.17, 15) is 0 Å². The summed E-state index contributed by atoms with van der Waals surface area (Å²) in [5, 5.41) is 0. The average molecular weight is 217 g/mol. The lowest BCUT2D eigenvalue weighted by Crippen LogP contribution is -2.17. The maximum atomic E-state index is 5.82. The Kier molecular flexibility index (Phi) is 2.97. The molecule has 0 saturated heterocycles. The third-order valence-corrected chi connectivity index (χ3v) is 2.91. The lowest BCUT2D eigenvalue weighted by Gasteiger charge is -2.05. The number of hydrogen-bond donors (Lipinski definition) is 1. The highest BCUT2D eigenvalue weighted by molar-refractivity contribution is 5.76. The fourth-order valence-corrected chi connectivity index (χ4v) is 2.10. The summed E-state index contributed by atoms with van der Waals surface area (Å²) in [7, 11) is 2.07. The third kappa shape index (κ3) is 1.95. The minimum atomic E-state index is 0.205. The highest BCUT2D eigenvalue weighted by Gasteiger charge is 2.07. The molecule has 3 heteroatoms. The summed E-state index contributed by atoms with van der Waals surface area (Å²) in [6.07, 6.45) is 1.89. The maximum absolute atomic E-state index is 5.82. The number of fused-ring (bicyclic) bond motifs is 1. The van der Waals surface area contributed by atoms with Gasteiger partial charge in [-0.2, -0.15) is 0 Å². The smallest absolute Gasteiger partial charge is 0.109 e. The summed E-state index contributed by atoms with van der Waals surface area (Å²) in [4.78, 5) is 4.58. The van der Waals surface area contributed by atoms with E-state index in [0.29, 0.717) is 0 Å². The van der Waals surface area contributed by atoms with Crippen LogP contribution in [0, 0.1) is 0 Å². The van der Waals surface area contributed by atoms with Gasteiger partial charge in [0.05, 0.1) is 11.0 Å². The van der Waals surface area contributed by atoms with E-state index in [-0.39, 0.29) is 6.04 Å². The first kappa shape index (κ1) is 11.1. The number of nitrogens with zero attached hydrogens (tertiary/aromatic N) is 2. The highest BCUT2D eigenvalue weighted by Crippen LogP contribution is 2.17. The van der Waals surface area contributed by atoms with Crippen LogP contribution in [0.1, 0.15) is 25.2 Å². The van der Waals surface area contributed by atoms with Crippen molar-refractivity contribution in [1.29, 1.82) is 0 Å². The Balaban J connectivity index is 2.48. The molecule has 16 heavy (non-hydrogen) atoms. The second-order valence-corrected chi connectivity index (χ2v) is 4.45. The van der Waals surface area contributed by atoms with E-state index < -0.39 is 0 Å². The molecule has 2 N–H and O–H groups in total. The highest BCUT2D eigenvalue weighted by atomic mass is 15.1. The van der Waals surface area contributed by atoms with E-state index in [1.165, 1.54) is 11.1 Å². The third-order valence-electron chi connectivity index (χ3n) is 2.91. The Labute approximate surface area is 96.3 Å². The molecule has 0 aliphatic carbocycles. The number of aryl methyl sites for hydroxylation is 2. The van der Waals surface area contributed by atoms with Crippen molar-refractivity contribution in [1.82, 2.24) is 9.55 Å². The second-order valence-electron chi connectivity index (χ2n) is 4.45. The molecule has 2 rings (SSSR count). The van der Waals surface area contributed by atoms with Gasteiger partial charge in [0.1, 0.15) is 5.82 Å². The Hall–Kier alpha value is -1.35. The van der Waals surface area contributed by atoms with Crippen LogP contribution in [0.15, 0.2) is 18.2 Å². The summed E-state index contributed by atoms with van der Waals surface area (Å²) in [6, 6.07) is 6.62. The topological polar surface area (TPSA) is 43.8 Å². The molecule has 1 unspecified atom stereocenters. The van der Waals surface area contributed by atoms with Crippen molar-refractivity contribution in [3.8, 4) is 0 Å². The monoisotopic (exact) mass is 217 g/mol. The summed E-state index contributed by atoms with van der Waals surface area (Å²) >= 11 is 0. The zero-order valence-corrected chi connectivity index (χ0v) is 10.2. The van der Waals surface area contributed by atoms with Crippen molar-refractivity contribution in [2.24, 2.45) is 12.8 Å². The first-order valence-corrected chi connectivity index (χ1v) is 5.81. The van der Waals surface area contributed by atoms with Crippen LogP contribution in [0.5, 0.6) is 0 Å². The molecular weight excluding hydrogens is 198 g/mol. The van der Waals surface area contributed by atoms with Gasteiger partial charge in [-0.05, 0) is 31.0 Å². The Morgan fingerprint density at radius 2 is 2.19 bits per heavy atom. The molecule has 0 amide bonds. The molecule has 3 nitrogen and oxygen atoms in total. The van der Waals surface area contributed by atoms with Crippen LogP contribution in [-0.4, -0.2) is 15.6 Å². The van der Waals surface area contributed by atoms with Crippen LogP contribution in [-0.2, 0) is 19.9 Å². The molecule has 86 valence electrons. The van der Waals surface area contributed by atoms with E-state index in [0.717, 1.165) is 24.2 Å². The number of rotatable bonds is 3. The molecule has 1 aromatic carbocycles. The molecule has 1 heterocycles. The van der Waals surface area contributed by atoms with E-state index in [2.05, 4.69) is 41.7 Å². The first-order valence-electron chi connectivity index (χ1n) is 5.81. The van der Waals surface area contributed by atoms with Crippen molar-refractivity contribution in [2.45, 2.75) is 32.7 Å². The molecule has 2 aromatic rings. The van der Waals surface area contributed by atoms with Gasteiger partial charge in [-0.15, -0.1) is 0 Å². The van der Waals surface area contributed by atoms with Gasteiger partial charge in [0, 0.05) is 19.5 Å². The van der Waals surface area contributed by atoms with Gasteiger partial charge in [-0.25, -0.2) is 4.98 Å². The summed E-state index contributed by atoms with van der Waals surface area (Å²) < 4.78 is 2.17. The van der Waals surface area contributed by atoms with Gasteiger partial charge in [-0.3, -0.25) is 0 Å². The normalized spacial score (nSPS) is 13.2. The van der Waals surface area contributed by atoms with Crippen molar-refractivity contribution in [3.05, 3.63) is 29.6 Å². The van der Waals surface area contributed by atoms with Crippen LogP contribution in [0.4, 0.5) is 0 Å². The molecular formula is C13H19N3. The van der Waals surface area contributed by atoms with Gasteiger partial charge >= 0.3 is 0 Å². The Morgan fingerprint density at radius 3 is 2.81 bits per heavy atom. The fraction of sp³-hybridized carbons (Fsp3) is 0.462. The molecule has 0 aliphatic heterocycles. The van der Waals surface area contributed by atoms with Gasteiger partial charge in [0.25, 0.3) is 0 Å². The predicted molar refractivity (Wildman–Crippen MR) is 67.4 cm³/mol. The fourth-order valence-electron chi connectivity index (χ4n) is 2.10. The SMILES string of the molecule is CCc1nc2ccc(CC(C)N)cc2n1C. The molecule has 0 radical (unpaired) electrons. The largest absolute Gasteiger partial charge is 0.331 e. The van der Waals surface area contributed by atoms with Crippen molar-refractivity contribution in [2.75, 3.05) is 0 Å². The second kappa shape index (κ2) is 4.26. The quantitative estimate of drug-likeness (QED) is 0.855. The lowest BCUT2D eigenvalue weighted by atomic mass is 10.1. The van der Waals surface area contributed by atoms with Crippen molar-refractivity contribution in [3.63, 3.8) is 0 Å². The van der Waals surface area contributed by atoms with Crippen LogP contribution >= 0.6 is 0 Å². The van der Waals surface area contributed by atoms with Crippen LogP contribution in [0.2, 0.25) is 0 Å². The van der Waals surface area contributed by atoms with Gasteiger partial charge in [-0.1, -0.05) is 13.0 Å². The van der Waals surface area contributed by atoms with E-state index >= 15 is 0 Å². The molecule has 1 atom stereocenters. The molecule has 0 spiro atoms. The summed E-state index contributed by atoms with van der Waals surface area (Å²) in [5.41, 5.74) is 9.38. The van der Waals surface area contributed by atoms with Gasteiger partial charge < -0.3 is 10.3 Å². The molecule has 0 fully saturated rings. The molecule has 0 bridgehead atoms. The van der Waals surface area contributed by atoms with Crippen molar-refractivity contribution >= 4 is 11.0 Å². The van der Waals surface area contributed by atoms with Crippen molar-refractivity contribution < 1.29 is 0 Å². The predicted octanol–water partition coefficient (Wildman–Crippen LogP) is 2.03. The molecule has 1 aromatic heterocycles. The minimum absolute atomic E-state index is 0.205. The minimum Gasteiger partial charge on any atom is -0.331 e. The van der Waals surface area contributed by atoms with E-state index in [1.54, 1.807) is 0 Å². The van der Waals surface area contributed by atoms with Crippen LogP contribution in [0.25, 0.3) is 11.0 Å². The van der Waals surface area contributed by atoms with Gasteiger partial charge in [0.15, 0.2) is 0 Å². The Bertz CT molecular complexity index is 497. The van der Waals surface area contributed by atoms with E-state index in [1.807, 2.05) is 6.92 Å². The summed E-state index contributed by atoms with van der Waals surface area (Å²) in [5.74, 6) is 1.13.